The number of nitrogens with one attached hydrogen (secondary N) is 1. The highest BCUT2D eigenvalue weighted by molar-refractivity contribution is 7.98. The van der Waals surface area contributed by atoms with Crippen LogP contribution in [-0.4, -0.2) is 9.97 Å². The van der Waals surface area contributed by atoms with Crippen LogP contribution >= 0.6 is 35.6 Å². The molecule has 0 amide bonds. The van der Waals surface area contributed by atoms with Crippen LogP contribution in [-0.2, 0) is 17.9 Å². The summed E-state index contributed by atoms with van der Waals surface area (Å²) in [7, 11) is 0. The van der Waals surface area contributed by atoms with Gasteiger partial charge < -0.3 is 4.98 Å². The molecule has 0 bridgehead atoms. The molecule has 1 aromatic carbocycles. The number of benzene rings is 1. The lowest BCUT2D eigenvalue weighted by Gasteiger charge is -2.06. The molecule has 2 aromatic rings. The molecule has 1 aromatic heterocycles. The maximum atomic E-state index is 6.16. The SMILES string of the molecule is S=c1nc(Cc2ccccc2Cl)[nH]c2c1CSC2. The van der Waals surface area contributed by atoms with E-state index in [0.717, 1.165) is 32.6 Å². The lowest BCUT2D eigenvalue weighted by atomic mass is 10.1. The van der Waals surface area contributed by atoms with Crippen LogP contribution in [0.2, 0.25) is 5.02 Å². The summed E-state index contributed by atoms with van der Waals surface area (Å²) in [6.07, 6.45) is 0.696. The van der Waals surface area contributed by atoms with Gasteiger partial charge in [-0.15, -0.1) is 0 Å². The van der Waals surface area contributed by atoms with Gasteiger partial charge in [0.2, 0.25) is 0 Å². The molecule has 1 N–H and O–H groups in total. The van der Waals surface area contributed by atoms with E-state index in [-0.39, 0.29) is 0 Å². The number of hydrogen-bond acceptors (Lipinski definition) is 3. The predicted octanol–water partition coefficient (Wildman–Crippen LogP) is 4.13. The first-order chi connectivity index (χ1) is 8.74. The number of thioether (sulfide) groups is 1. The van der Waals surface area contributed by atoms with E-state index in [4.69, 9.17) is 23.8 Å². The summed E-state index contributed by atoms with van der Waals surface area (Å²) in [6, 6.07) is 7.83. The maximum absolute atomic E-state index is 6.16. The number of aromatic nitrogens is 2. The Morgan fingerprint density at radius 2 is 2.17 bits per heavy atom. The van der Waals surface area contributed by atoms with E-state index in [1.54, 1.807) is 0 Å². The average molecular weight is 295 g/mol. The lowest BCUT2D eigenvalue weighted by molar-refractivity contribution is 0.919. The van der Waals surface area contributed by atoms with Gasteiger partial charge in [0.15, 0.2) is 0 Å². The quantitative estimate of drug-likeness (QED) is 0.844. The summed E-state index contributed by atoms with van der Waals surface area (Å²) >= 11 is 13.4. The summed E-state index contributed by atoms with van der Waals surface area (Å²) in [6.45, 7) is 0. The third-order valence-electron chi connectivity index (χ3n) is 2.96. The number of hydrogen-bond donors (Lipinski definition) is 1. The fourth-order valence-corrected chi connectivity index (χ4v) is 3.70. The molecule has 0 fully saturated rings. The number of H-pyrrole nitrogens is 1. The maximum Gasteiger partial charge on any atom is 0.134 e. The van der Waals surface area contributed by atoms with Gasteiger partial charge in [0.25, 0.3) is 0 Å². The minimum absolute atomic E-state index is 0.696. The summed E-state index contributed by atoms with van der Waals surface area (Å²) < 4.78 is 0.732. The zero-order chi connectivity index (χ0) is 12.5. The Morgan fingerprint density at radius 1 is 1.33 bits per heavy atom. The van der Waals surface area contributed by atoms with E-state index in [9.17, 15) is 0 Å². The highest BCUT2D eigenvalue weighted by Crippen LogP contribution is 2.29. The van der Waals surface area contributed by atoms with Gasteiger partial charge in [0, 0.05) is 34.2 Å². The third-order valence-corrected chi connectivity index (χ3v) is 4.65. The van der Waals surface area contributed by atoms with Gasteiger partial charge in [0.05, 0.1) is 0 Å². The molecular formula is C13H11ClN2S2. The van der Waals surface area contributed by atoms with Crippen LogP contribution < -0.4 is 0 Å². The molecule has 0 atom stereocenters. The highest BCUT2D eigenvalue weighted by Gasteiger charge is 2.15. The molecule has 18 heavy (non-hydrogen) atoms. The van der Waals surface area contributed by atoms with Crippen molar-refractivity contribution in [1.29, 1.82) is 0 Å². The first-order valence-electron chi connectivity index (χ1n) is 5.66. The minimum atomic E-state index is 0.696. The van der Waals surface area contributed by atoms with Gasteiger partial charge in [-0.1, -0.05) is 42.0 Å². The van der Waals surface area contributed by atoms with Crippen molar-refractivity contribution in [1.82, 2.24) is 9.97 Å². The monoisotopic (exact) mass is 294 g/mol. The van der Waals surface area contributed by atoms with Crippen LogP contribution in [0.4, 0.5) is 0 Å². The summed E-state index contributed by atoms with van der Waals surface area (Å²) in [4.78, 5) is 7.85. The van der Waals surface area contributed by atoms with Crippen molar-refractivity contribution in [2.75, 3.05) is 0 Å². The van der Waals surface area contributed by atoms with E-state index in [0.29, 0.717) is 6.42 Å². The second-order valence-electron chi connectivity index (χ2n) is 4.21. The van der Waals surface area contributed by atoms with E-state index in [2.05, 4.69) is 9.97 Å². The molecule has 0 aliphatic carbocycles. The first kappa shape index (κ1) is 12.2. The number of aromatic amines is 1. The Morgan fingerprint density at radius 3 is 3.00 bits per heavy atom. The summed E-state index contributed by atoms with van der Waals surface area (Å²) in [5.41, 5.74) is 3.49. The molecule has 0 saturated carbocycles. The number of nitrogens with zero attached hydrogens (tertiary/aromatic N) is 1. The van der Waals surface area contributed by atoms with Crippen molar-refractivity contribution in [3.63, 3.8) is 0 Å². The molecule has 5 heteroatoms. The fourth-order valence-electron chi connectivity index (χ4n) is 2.03. The van der Waals surface area contributed by atoms with E-state index < -0.39 is 0 Å². The summed E-state index contributed by atoms with van der Waals surface area (Å²) in [5.74, 6) is 2.87. The predicted molar refractivity (Wildman–Crippen MR) is 78.7 cm³/mol. The van der Waals surface area contributed by atoms with Crippen LogP contribution in [0.5, 0.6) is 0 Å². The second kappa shape index (κ2) is 5.03. The van der Waals surface area contributed by atoms with Crippen molar-refractivity contribution in [3.05, 3.63) is 56.6 Å². The van der Waals surface area contributed by atoms with Crippen LogP contribution in [0.25, 0.3) is 0 Å². The van der Waals surface area contributed by atoms with E-state index >= 15 is 0 Å². The molecule has 0 spiro atoms. The number of fused-ring (bicyclic) bond motifs is 1. The van der Waals surface area contributed by atoms with Crippen molar-refractivity contribution in [2.45, 2.75) is 17.9 Å². The smallest absolute Gasteiger partial charge is 0.134 e. The molecule has 2 heterocycles. The minimum Gasteiger partial charge on any atom is -0.346 e. The molecule has 1 aliphatic rings. The number of rotatable bonds is 2. The second-order valence-corrected chi connectivity index (χ2v) is 5.99. The molecule has 3 rings (SSSR count). The molecule has 2 nitrogen and oxygen atoms in total. The molecule has 0 unspecified atom stereocenters. The topological polar surface area (TPSA) is 28.7 Å². The van der Waals surface area contributed by atoms with E-state index in [1.807, 2.05) is 36.0 Å². The normalized spacial score (nSPS) is 13.6. The Balaban J connectivity index is 1.97. The standard InChI is InChI=1S/C13H11ClN2S2/c14-10-4-2-1-3-8(10)5-12-15-11-7-18-6-9(11)13(17)16-12/h1-4H,5-7H2,(H,15,16,17). The van der Waals surface area contributed by atoms with Crippen LogP contribution in [0.1, 0.15) is 22.6 Å². The van der Waals surface area contributed by atoms with Gasteiger partial charge in [-0.2, -0.15) is 11.8 Å². The summed E-state index contributed by atoms with van der Waals surface area (Å²) in [5, 5.41) is 0.772. The third kappa shape index (κ3) is 2.32. The fraction of sp³-hybridized carbons (Fsp3) is 0.231. The lowest BCUT2D eigenvalue weighted by Crippen LogP contribution is -2.02. The van der Waals surface area contributed by atoms with Crippen LogP contribution in [0.15, 0.2) is 24.3 Å². The van der Waals surface area contributed by atoms with Crippen LogP contribution in [0.3, 0.4) is 0 Å². The van der Waals surface area contributed by atoms with Gasteiger partial charge in [0.1, 0.15) is 10.5 Å². The van der Waals surface area contributed by atoms with Crippen molar-refractivity contribution >= 4 is 35.6 Å². The van der Waals surface area contributed by atoms with Crippen molar-refractivity contribution in [3.8, 4) is 0 Å². The highest BCUT2D eigenvalue weighted by atomic mass is 35.5. The Bertz CT molecular complexity index is 652. The zero-order valence-electron chi connectivity index (χ0n) is 9.57. The van der Waals surface area contributed by atoms with Crippen molar-refractivity contribution in [2.24, 2.45) is 0 Å². The average Bonchev–Trinajstić information content (AvgIpc) is 2.81. The molecule has 92 valence electrons. The largest absolute Gasteiger partial charge is 0.346 e. The Labute approximate surface area is 120 Å². The zero-order valence-corrected chi connectivity index (χ0v) is 12.0. The van der Waals surface area contributed by atoms with Crippen LogP contribution in [0, 0.1) is 4.64 Å². The molecular weight excluding hydrogens is 284 g/mol. The molecule has 1 aliphatic heterocycles. The first-order valence-corrected chi connectivity index (χ1v) is 7.60. The van der Waals surface area contributed by atoms with Gasteiger partial charge in [-0.3, -0.25) is 0 Å². The molecule has 0 radical (unpaired) electrons. The Kier molecular flexibility index (Phi) is 3.41. The Hall–Kier alpha value is -0.840. The van der Waals surface area contributed by atoms with Gasteiger partial charge in [-0.05, 0) is 11.6 Å². The van der Waals surface area contributed by atoms with E-state index in [1.165, 1.54) is 11.3 Å². The molecule has 0 saturated heterocycles. The van der Waals surface area contributed by atoms with Crippen molar-refractivity contribution < 1.29 is 0 Å². The van der Waals surface area contributed by atoms with Gasteiger partial charge in [-0.25, -0.2) is 4.98 Å². The number of halogens is 1. The van der Waals surface area contributed by atoms with Gasteiger partial charge >= 0.3 is 0 Å².